The fourth-order valence-corrected chi connectivity index (χ4v) is 17.6. The molecular formula is C86H54. The summed E-state index contributed by atoms with van der Waals surface area (Å²) in [6.45, 7) is 0. The van der Waals surface area contributed by atoms with E-state index in [1.807, 2.05) is 0 Å². The molecular weight excluding hydrogens is 1030 g/mol. The molecule has 0 unspecified atom stereocenters. The molecule has 0 N–H and O–H groups in total. The Morgan fingerprint density at radius 3 is 0.802 bits per heavy atom. The van der Waals surface area contributed by atoms with Crippen LogP contribution in [0.1, 0.15) is 44.5 Å². The van der Waals surface area contributed by atoms with Crippen molar-refractivity contribution in [1.82, 2.24) is 0 Å². The molecule has 16 aromatic rings. The third-order valence-electron chi connectivity index (χ3n) is 21.4. The molecule has 0 bridgehead atoms. The van der Waals surface area contributed by atoms with Crippen LogP contribution in [0.25, 0.3) is 143 Å². The lowest BCUT2D eigenvalue weighted by Crippen LogP contribution is -2.26. The van der Waals surface area contributed by atoms with Gasteiger partial charge in [0.05, 0.1) is 0 Å². The highest BCUT2D eigenvalue weighted by atomic mass is 14.5. The highest BCUT2D eigenvalue weighted by Crippen LogP contribution is 2.60. The van der Waals surface area contributed by atoms with Crippen molar-refractivity contribution >= 4 is 64.6 Å². The SMILES string of the molecule is c1ccc2c(c1)CC1(C2)c2cc(-c3ccccc3-c3ccccc3-c3ccc4c(c3)C3(Cc5ccccc5C3)c3cc(-c5ccc6ccc7cccc8ccc5c6c78)ccc3-4)ccc2-c2ccc(-c3ccc4ccc5cccc6ccc3c4c56)cc21. The highest BCUT2D eigenvalue weighted by Gasteiger charge is 2.49. The van der Waals surface area contributed by atoms with E-state index >= 15 is 0 Å². The maximum absolute atomic E-state index is 2.59. The Morgan fingerprint density at radius 1 is 0.186 bits per heavy atom. The molecule has 0 nitrogen and oxygen atoms in total. The van der Waals surface area contributed by atoms with E-state index in [4.69, 9.17) is 0 Å². The summed E-state index contributed by atoms with van der Waals surface area (Å²) in [5.41, 5.74) is 29.4. The van der Waals surface area contributed by atoms with Crippen molar-refractivity contribution in [2.75, 3.05) is 0 Å². The van der Waals surface area contributed by atoms with Gasteiger partial charge in [-0.2, -0.15) is 0 Å². The first-order chi connectivity index (χ1) is 42.5. The lowest BCUT2D eigenvalue weighted by Gasteiger charge is -2.28. The number of rotatable bonds is 5. The van der Waals surface area contributed by atoms with E-state index in [-0.39, 0.29) is 10.8 Å². The third-order valence-corrected chi connectivity index (χ3v) is 21.4. The van der Waals surface area contributed by atoms with Gasteiger partial charge in [0.1, 0.15) is 0 Å². The molecule has 0 fully saturated rings. The number of benzene rings is 16. The molecule has 20 rings (SSSR count). The largest absolute Gasteiger partial charge is 0.0620 e. The van der Waals surface area contributed by atoms with Crippen molar-refractivity contribution in [2.24, 2.45) is 0 Å². The molecule has 4 aliphatic rings. The summed E-state index contributed by atoms with van der Waals surface area (Å²) in [4.78, 5) is 0. The monoisotopic (exact) mass is 1090 g/mol. The van der Waals surface area contributed by atoms with Gasteiger partial charge < -0.3 is 0 Å². The van der Waals surface area contributed by atoms with Crippen LogP contribution in [0, 0.1) is 0 Å². The molecule has 0 saturated heterocycles. The van der Waals surface area contributed by atoms with E-state index in [0.29, 0.717) is 0 Å². The zero-order valence-electron chi connectivity index (χ0n) is 47.4. The second-order valence-electron chi connectivity index (χ2n) is 25.5. The van der Waals surface area contributed by atoms with E-state index in [2.05, 4.69) is 279 Å². The Balaban J connectivity index is 0.705. The van der Waals surface area contributed by atoms with E-state index in [1.165, 1.54) is 187 Å². The van der Waals surface area contributed by atoms with Crippen molar-refractivity contribution < 1.29 is 0 Å². The molecule has 0 atom stereocenters. The van der Waals surface area contributed by atoms with Crippen LogP contribution in [-0.4, -0.2) is 0 Å². The van der Waals surface area contributed by atoms with E-state index < -0.39 is 0 Å². The summed E-state index contributed by atoms with van der Waals surface area (Å²) in [5, 5.41) is 15.9. The Bertz CT molecular complexity index is 5180. The second-order valence-corrected chi connectivity index (χ2v) is 25.5. The summed E-state index contributed by atoms with van der Waals surface area (Å²) in [6.07, 6.45) is 3.93. The maximum Gasteiger partial charge on any atom is 0.0296 e. The van der Waals surface area contributed by atoms with Gasteiger partial charge in [-0.15, -0.1) is 0 Å². The van der Waals surface area contributed by atoms with Crippen LogP contribution in [0.4, 0.5) is 0 Å². The minimum absolute atomic E-state index is 0.197. The summed E-state index contributed by atoms with van der Waals surface area (Å²) in [6, 6.07) is 108. The van der Waals surface area contributed by atoms with Gasteiger partial charge in [0.2, 0.25) is 0 Å². The zero-order valence-corrected chi connectivity index (χ0v) is 47.4. The predicted molar refractivity (Wildman–Crippen MR) is 361 cm³/mol. The molecule has 398 valence electrons. The van der Waals surface area contributed by atoms with Crippen molar-refractivity contribution in [3.63, 3.8) is 0 Å². The van der Waals surface area contributed by atoms with Crippen LogP contribution in [0.5, 0.6) is 0 Å². The second kappa shape index (κ2) is 17.1. The zero-order chi connectivity index (χ0) is 56.0. The summed E-state index contributed by atoms with van der Waals surface area (Å²) >= 11 is 0. The first kappa shape index (κ1) is 47.0. The Kier molecular flexibility index (Phi) is 9.36. The third kappa shape index (κ3) is 6.33. The van der Waals surface area contributed by atoms with Gasteiger partial charge in [-0.05, 0) is 237 Å². The van der Waals surface area contributed by atoms with Crippen molar-refractivity contribution in [1.29, 1.82) is 0 Å². The molecule has 0 heterocycles. The molecule has 86 heavy (non-hydrogen) atoms. The summed E-state index contributed by atoms with van der Waals surface area (Å²) in [7, 11) is 0. The Labute approximate surface area is 499 Å². The molecule has 0 aromatic heterocycles. The van der Waals surface area contributed by atoms with Crippen LogP contribution in [0.3, 0.4) is 0 Å². The van der Waals surface area contributed by atoms with Crippen LogP contribution in [0.15, 0.2) is 279 Å². The van der Waals surface area contributed by atoms with Crippen LogP contribution >= 0.6 is 0 Å². The van der Waals surface area contributed by atoms with Gasteiger partial charge in [0, 0.05) is 10.8 Å². The normalized spacial score (nSPS) is 14.7. The molecule has 16 aromatic carbocycles. The minimum atomic E-state index is -0.197. The summed E-state index contributed by atoms with van der Waals surface area (Å²) < 4.78 is 0. The lowest BCUT2D eigenvalue weighted by molar-refractivity contribution is 0.564. The number of hydrogen-bond donors (Lipinski definition) is 0. The average Bonchev–Trinajstić information content (AvgIpc) is 1.89. The average molecular weight is 1090 g/mol. The Hall–Kier alpha value is -10.4. The lowest BCUT2D eigenvalue weighted by atomic mass is 9.74. The molecule has 0 radical (unpaired) electrons. The fraction of sp³-hybridized carbons (Fsp3) is 0.0698. The van der Waals surface area contributed by atoms with E-state index in [9.17, 15) is 0 Å². The van der Waals surface area contributed by atoms with Crippen LogP contribution in [-0.2, 0) is 36.5 Å². The first-order valence-electron chi connectivity index (χ1n) is 30.8. The molecule has 0 amide bonds. The fourth-order valence-electron chi connectivity index (χ4n) is 17.6. The van der Waals surface area contributed by atoms with Crippen molar-refractivity contribution in [2.45, 2.75) is 36.5 Å². The highest BCUT2D eigenvalue weighted by molar-refractivity contribution is 6.27. The quantitative estimate of drug-likeness (QED) is 0.151. The van der Waals surface area contributed by atoms with Gasteiger partial charge in [0.15, 0.2) is 0 Å². The molecule has 0 heteroatoms. The molecule has 0 aliphatic heterocycles. The topological polar surface area (TPSA) is 0 Å². The van der Waals surface area contributed by atoms with Gasteiger partial charge in [-0.3, -0.25) is 0 Å². The summed E-state index contributed by atoms with van der Waals surface area (Å²) in [5.74, 6) is 0. The molecule has 0 saturated carbocycles. The predicted octanol–water partition coefficient (Wildman–Crippen LogP) is 21.9. The Morgan fingerprint density at radius 2 is 0.453 bits per heavy atom. The van der Waals surface area contributed by atoms with E-state index in [1.54, 1.807) is 0 Å². The number of hydrogen-bond acceptors (Lipinski definition) is 0. The van der Waals surface area contributed by atoms with Crippen LogP contribution < -0.4 is 0 Å². The first-order valence-corrected chi connectivity index (χ1v) is 30.8. The van der Waals surface area contributed by atoms with Crippen molar-refractivity contribution in [3.05, 3.63) is 324 Å². The van der Waals surface area contributed by atoms with Gasteiger partial charge in [-0.1, -0.05) is 255 Å². The van der Waals surface area contributed by atoms with Gasteiger partial charge in [0.25, 0.3) is 0 Å². The number of fused-ring (bicyclic) bond motifs is 12. The standard InChI is InChI=1S/C86H54/c1-2-12-62-48-85(47-61(62)11-1)77-43-57(31-37-71(77)73-39-33-59(45-79(73)85)67-35-27-55-25-23-51-15-9-17-53-29-41-75(67)83(55)81(51)53)65-19-5-7-21-69(65)70-22-8-6-20-66(70)58-32-38-72-74-40-34-60(46-80(74)86(78(72)44-58)49-63-13-3-4-14-64(63)50-86)68-36-28-56-26-24-52-16-10-18-54-30-42-76(68)84(56)82(52)54/h1-46H,47-50H2. The maximum atomic E-state index is 2.59. The van der Waals surface area contributed by atoms with E-state index in [0.717, 1.165) is 25.7 Å². The van der Waals surface area contributed by atoms with Crippen LogP contribution in [0.2, 0.25) is 0 Å². The van der Waals surface area contributed by atoms with Gasteiger partial charge >= 0.3 is 0 Å². The smallest absolute Gasteiger partial charge is 0.0296 e. The molecule has 2 spiro atoms. The minimum Gasteiger partial charge on any atom is -0.0620 e. The van der Waals surface area contributed by atoms with Gasteiger partial charge in [-0.25, -0.2) is 0 Å². The van der Waals surface area contributed by atoms with Crippen molar-refractivity contribution in [3.8, 4) is 77.9 Å². The molecule has 4 aliphatic carbocycles.